The number of nitriles is 1. The van der Waals surface area contributed by atoms with Gasteiger partial charge in [0.05, 0.1) is 22.3 Å². The minimum Gasteiger partial charge on any atom is -0.307 e. The molecule has 0 bridgehead atoms. The molecule has 0 spiro atoms. The topological polar surface area (TPSA) is 28.7 Å². The lowest BCUT2D eigenvalue weighted by Crippen LogP contribution is -2.00. The van der Waals surface area contributed by atoms with Gasteiger partial charge in [-0.15, -0.1) is 11.3 Å². The van der Waals surface area contributed by atoms with Crippen molar-refractivity contribution in [3.63, 3.8) is 0 Å². The molecular weight excluding hydrogens is 553 g/mol. The van der Waals surface area contributed by atoms with Gasteiger partial charge in [-0.1, -0.05) is 117 Å². The fourth-order valence-corrected chi connectivity index (χ4v) is 8.44. The van der Waals surface area contributed by atoms with E-state index in [-0.39, 0.29) is 0 Å². The molecule has 0 saturated carbocycles. The number of hydrogen-bond donors (Lipinski definition) is 0. The first-order chi connectivity index (χ1) is 21.7. The Kier molecular flexibility index (Phi) is 6.33. The average Bonchev–Trinajstić information content (AvgIpc) is 3.63. The normalized spacial score (nSPS) is 11.6. The number of aryl methyl sites for hydroxylation is 2. The van der Waals surface area contributed by atoms with Gasteiger partial charge in [-0.2, -0.15) is 5.26 Å². The van der Waals surface area contributed by atoms with Gasteiger partial charge < -0.3 is 4.57 Å². The van der Waals surface area contributed by atoms with E-state index in [2.05, 4.69) is 134 Å². The van der Waals surface area contributed by atoms with Gasteiger partial charge in [0, 0.05) is 47.6 Å². The van der Waals surface area contributed by atoms with Gasteiger partial charge in [0.15, 0.2) is 0 Å². The monoisotopic (exact) mass is 582 g/mol. The fraction of sp³-hybridized carbons (Fsp3) is 0.0976. The summed E-state index contributed by atoms with van der Waals surface area (Å²) in [6, 6.07) is 45.9. The predicted molar refractivity (Wildman–Crippen MR) is 188 cm³/mol. The molecule has 3 heteroatoms. The molecule has 0 radical (unpaired) electrons. The van der Waals surface area contributed by atoms with Crippen LogP contribution in [0.4, 0.5) is 0 Å². The minimum atomic E-state index is 0.665. The Hall–Kier alpha value is -5.17. The molecule has 2 nitrogen and oxygen atoms in total. The Morgan fingerprint density at radius 2 is 1.14 bits per heavy atom. The first-order valence-electron chi connectivity index (χ1n) is 15.3. The maximum atomic E-state index is 10.5. The summed E-state index contributed by atoms with van der Waals surface area (Å²) < 4.78 is 4.88. The van der Waals surface area contributed by atoms with Crippen LogP contribution in [0, 0.1) is 11.3 Å². The Morgan fingerprint density at radius 1 is 0.545 bits per heavy atom. The van der Waals surface area contributed by atoms with E-state index in [1.165, 1.54) is 53.2 Å². The van der Waals surface area contributed by atoms with Crippen LogP contribution in [0.5, 0.6) is 0 Å². The van der Waals surface area contributed by atoms with E-state index in [0.29, 0.717) is 5.56 Å². The highest BCUT2D eigenvalue weighted by molar-refractivity contribution is 7.27. The predicted octanol–water partition coefficient (Wildman–Crippen LogP) is 11.5. The molecule has 0 unspecified atom stereocenters. The lowest BCUT2D eigenvalue weighted by Gasteiger charge is -2.16. The third-order valence-electron chi connectivity index (χ3n) is 9.05. The highest BCUT2D eigenvalue weighted by atomic mass is 32.1. The average molecular weight is 583 g/mol. The second-order valence-electron chi connectivity index (χ2n) is 11.3. The van der Waals surface area contributed by atoms with Crippen LogP contribution >= 0.6 is 11.3 Å². The van der Waals surface area contributed by atoms with Crippen LogP contribution in [-0.4, -0.2) is 4.57 Å². The fourth-order valence-electron chi connectivity index (χ4n) is 7.03. The van der Waals surface area contributed by atoms with Crippen molar-refractivity contribution in [2.24, 2.45) is 0 Å². The van der Waals surface area contributed by atoms with Gasteiger partial charge in [0.2, 0.25) is 0 Å². The molecular formula is C41H30N2S. The summed E-state index contributed by atoms with van der Waals surface area (Å²) in [6.45, 7) is 4.50. The summed E-state index contributed by atoms with van der Waals surface area (Å²) in [5.41, 5.74) is 11.5. The second-order valence-corrected chi connectivity index (χ2v) is 12.3. The van der Waals surface area contributed by atoms with E-state index >= 15 is 0 Å². The Labute approximate surface area is 261 Å². The van der Waals surface area contributed by atoms with Crippen molar-refractivity contribution in [3.05, 3.63) is 138 Å². The van der Waals surface area contributed by atoms with Gasteiger partial charge in [0.25, 0.3) is 0 Å². The van der Waals surface area contributed by atoms with Gasteiger partial charge in [-0.05, 0) is 47.7 Å². The molecule has 0 aliphatic carbocycles. The Morgan fingerprint density at radius 3 is 1.86 bits per heavy atom. The van der Waals surface area contributed by atoms with Gasteiger partial charge in [0.1, 0.15) is 6.07 Å². The second kappa shape index (κ2) is 10.5. The van der Waals surface area contributed by atoms with Crippen LogP contribution in [0.3, 0.4) is 0 Å². The summed E-state index contributed by atoms with van der Waals surface area (Å²) in [7, 11) is 0. The zero-order valence-electron chi connectivity index (χ0n) is 24.8. The molecule has 0 saturated heterocycles. The van der Waals surface area contributed by atoms with Crippen LogP contribution in [0.15, 0.2) is 121 Å². The molecule has 0 atom stereocenters. The van der Waals surface area contributed by atoms with E-state index < -0.39 is 0 Å². The number of aromatic nitrogens is 1. The SMILES string of the molecule is CCc1ccccc1-c1c(CC)ccc2c1sc1c(-c3cccc(C#N)c3-n3c4ccccc4c4ccccc43)cccc12. The zero-order valence-corrected chi connectivity index (χ0v) is 25.6. The minimum absolute atomic E-state index is 0.665. The summed E-state index contributed by atoms with van der Waals surface area (Å²) in [4.78, 5) is 0. The number of rotatable bonds is 5. The number of thiophene rings is 1. The molecule has 8 rings (SSSR count). The standard InChI is InChI=1S/C41H30N2S/c1-3-26-13-5-6-15-29(26)38-27(4-2)23-24-35-34-20-12-19-33(40(34)44-41(35)38)32-18-11-14-28(25-42)39(32)43-36-21-9-7-16-30(36)31-17-8-10-22-37(31)43/h5-24H,3-4H2,1-2H3. The number of para-hydroxylation sites is 3. The molecule has 0 N–H and O–H groups in total. The van der Waals surface area contributed by atoms with Crippen molar-refractivity contribution in [1.29, 1.82) is 5.26 Å². The van der Waals surface area contributed by atoms with Gasteiger partial charge in [-0.3, -0.25) is 0 Å². The molecule has 0 aliphatic rings. The molecule has 0 amide bonds. The van der Waals surface area contributed by atoms with Crippen LogP contribution in [0.25, 0.3) is 69.9 Å². The Balaban J connectivity index is 1.48. The Bertz CT molecular complexity index is 2380. The quantitative estimate of drug-likeness (QED) is 0.198. The van der Waals surface area contributed by atoms with Crippen LogP contribution in [-0.2, 0) is 12.8 Å². The largest absolute Gasteiger partial charge is 0.307 e. The van der Waals surface area contributed by atoms with E-state index in [4.69, 9.17) is 0 Å². The third-order valence-corrected chi connectivity index (χ3v) is 10.3. The van der Waals surface area contributed by atoms with Crippen molar-refractivity contribution in [1.82, 2.24) is 4.57 Å². The molecule has 44 heavy (non-hydrogen) atoms. The highest BCUT2D eigenvalue weighted by Crippen LogP contribution is 2.47. The van der Waals surface area contributed by atoms with E-state index in [9.17, 15) is 5.26 Å². The summed E-state index contributed by atoms with van der Waals surface area (Å²) >= 11 is 1.89. The molecule has 2 heterocycles. The lowest BCUT2D eigenvalue weighted by atomic mass is 9.91. The molecule has 0 fully saturated rings. The summed E-state index contributed by atoms with van der Waals surface area (Å²) in [5.74, 6) is 0. The van der Waals surface area contributed by atoms with Crippen LogP contribution in [0.1, 0.15) is 30.5 Å². The molecule has 0 aliphatic heterocycles. The first kappa shape index (κ1) is 26.5. The molecule has 2 aromatic heterocycles. The zero-order chi connectivity index (χ0) is 29.8. The first-order valence-corrected chi connectivity index (χ1v) is 16.1. The van der Waals surface area contributed by atoms with E-state index in [0.717, 1.165) is 40.7 Å². The molecule has 8 aromatic rings. The summed E-state index contributed by atoms with van der Waals surface area (Å²) in [5, 5.41) is 15.4. The van der Waals surface area contributed by atoms with Crippen molar-refractivity contribution in [2.45, 2.75) is 26.7 Å². The number of benzene rings is 6. The van der Waals surface area contributed by atoms with E-state index in [1.54, 1.807) is 0 Å². The van der Waals surface area contributed by atoms with Crippen molar-refractivity contribution in [3.8, 4) is 34.0 Å². The highest BCUT2D eigenvalue weighted by Gasteiger charge is 2.22. The smallest absolute Gasteiger partial charge is 0.101 e. The number of fused-ring (bicyclic) bond motifs is 6. The maximum Gasteiger partial charge on any atom is 0.101 e. The number of hydrogen-bond acceptors (Lipinski definition) is 2. The molecule has 210 valence electrons. The van der Waals surface area contributed by atoms with Crippen molar-refractivity contribution in [2.75, 3.05) is 0 Å². The van der Waals surface area contributed by atoms with Crippen LogP contribution in [0.2, 0.25) is 0 Å². The van der Waals surface area contributed by atoms with Crippen molar-refractivity contribution >= 4 is 53.3 Å². The van der Waals surface area contributed by atoms with Gasteiger partial charge in [-0.25, -0.2) is 0 Å². The third kappa shape index (κ3) is 3.85. The summed E-state index contributed by atoms with van der Waals surface area (Å²) in [6.07, 6.45) is 1.97. The maximum absolute atomic E-state index is 10.5. The van der Waals surface area contributed by atoms with E-state index in [1.807, 2.05) is 23.5 Å². The molecule has 6 aromatic carbocycles. The lowest BCUT2D eigenvalue weighted by molar-refractivity contribution is 1.12. The van der Waals surface area contributed by atoms with Gasteiger partial charge >= 0.3 is 0 Å². The van der Waals surface area contributed by atoms with Crippen LogP contribution < -0.4 is 0 Å². The van der Waals surface area contributed by atoms with Crippen molar-refractivity contribution < 1.29 is 0 Å². The number of nitrogens with zero attached hydrogens (tertiary/aromatic N) is 2.